The Labute approximate surface area is 104 Å². The lowest BCUT2D eigenvalue weighted by Gasteiger charge is -2.17. The van der Waals surface area contributed by atoms with Gasteiger partial charge in [0.1, 0.15) is 6.42 Å². The fourth-order valence-electron chi connectivity index (χ4n) is 1.95. The van der Waals surface area contributed by atoms with Crippen molar-refractivity contribution in [2.24, 2.45) is 4.99 Å². The number of nitrogens with zero attached hydrogens (tertiary/aromatic N) is 3. The normalized spacial score (nSPS) is 32.5. The molecule has 0 bridgehead atoms. The van der Waals surface area contributed by atoms with Crippen molar-refractivity contribution >= 4 is 32.7 Å². The summed E-state index contributed by atoms with van der Waals surface area (Å²) in [6.07, 6.45) is -0.245. The van der Waals surface area contributed by atoms with Crippen LogP contribution in [0.4, 0.5) is 0 Å². The van der Waals surface area contributed by atoms with Crippen LogP contribution in [0, 0.1) is 11.3 Å². The van der Waals surface area contributed by atoms with E-state index in [2.05, 4.69) is 4.99 Å². The first-order valence-electron chi connectivity index (χ1n) is 5.01. The van der Waals surface area contributed by atoms with Gasteiger partial charge in [-0.1, -0.05) is 11.8 Å². The molecule has 0 N–H and O–H groups in total. The molecule has 0 aliphatic carbocycles. The van der Waals surface area contributed by atoms with E-state index in [9.17, 15) is 13.2 Å². The van der Waals surface area contributed by atoms with E-state index in [4.69, 9.17) is 5.26 Å². The number of fused-ring (bicyclic) bond motifs is 1. The molecule has 0 aromatic heterocycles. The lowest BCUT2D eigenvalue weighted by Crippen LogP contribution is -2.34. The Morgan fingerprint density at radius 3 is 2.94 bits per heavy atom. The molecule has 2 heterocycles. The first-order valence-corrected chi connectivity index (χ1v) is 7.71. The molecule has 2 aliphatic rings. The molecule has 0 radical (unpaired) electrons. The van der Waals surface area contributed by atoms with Gasteiger partial charge in [-0.05, 0) is 0 Å². The number of hydrogen-bond acceptors (Lipinski definition) is 5. The first-order chi connectivity index (χ1) is 7.93. The number of carbonyl (C=O) groups excluding carboxylic acids is 1. The summed E-state index contributed by atoms with van der Waals surface area (Å²) < 4.78 is 22.9. The van der Waals surface area contributed by atoms with Gasteiger partial charge in [-0.2, -0.15) is 10.3 Å². The predicted molar refractivity (Wildman–Crippen MR) is 64.3 cm³/mol. The monoisotopic (exact) mass is 273 g/mol. The average molecular weight is 273 g/mol. The Balaban J connectivity index is 2.14. The highest BCUT2D eigenvalue weighted by Gasteiger charge is 2.47. The van der Waals surface area contributed by atoms with Crippen molar-refractivity contribution in [3.05, 3.63) is 0 Å². The molecule has 2 saturated heterocycles. The zero-order chi connectivity index (χ0) is 12.6. The van der Waals surface area contributed by atoms with Crippen LogP contribution in [0.2, 0.25) is 0 Å². The van der Waals surface area contributed by atoms with Gasteiger partial charge in [0.05, 0.1) is 23.6 Å². The number of rotatable bonds is 1. The molecule has 1 amide bonds. The van der Waals surface area contributed by atoms with Crippen molar-refractivity contribution in [2.75, 3.05) is 18.6 Å². The Kier molecular flexibility index (Phi) is 3.14. The van der Waals surface area contributed by atoms with Crippen LogP contribution in [0.15, 0.2) is 4.99 Å². The summed E-state index contributed by atoms with van der Waals surface area (Å²) >= 11 is 1.31. The number of amides is 1. The minimum absolute atomic E-state index is 0.0429. The van der Waals surface area contributed by atoms with Gasteiger partial charge < -0.3 is 4.90 Å². The van der Waals surface area contributed by atoms with E-state index in [1.54, 1.807) is 18.0 Å². The van der Waals surface area contributed by atoms with Gasteiger partial charge in [0.15, 0.2) is 15.0 Å². The smallest absolute Gasteiger partial charge is 0.262 e. The third-order valence-corrected chi connectivity index (χ3v) is 6.08. The van der Waals surface area contributed by atoms with Gasteiger partial charge in [0, 0.05) is 12.3 Å². The van der Waals surface area contributed by atoms with Crippen molar-refractivity contribution in [2.45, 2.75) is 17.7 Å². The number of nitriles is 1. The molecular weight excluding hydrogens is 262 g/mol. The summed E-state index contributed by atoms with van der Waals surface area (Å²) in [4.78, 5) is 16.8. The van der Waals surface area contributed by atoms with Crippen LogP contribution in [-0.4, -0.2) is 54.2 Å². The largest absolute Gasteiger partial charge is 0.349 e. The fourth-order valence-corrected chi connectivity index (χ4v) is 5.96. The van der Waals surface area contributed by atoms with Crippen LogP contribution in [0.1, 0.15) is 6.42 Å². The van der Waals surface area contributed by atoms with Crippen molar-refractivity contribution in [1.82, 2.24) is 4.90 Å². The van der Waals surface area contributed by atoms with Gasteiger partial charge in [0.2, 0.25) is 0 Å². The lowest BCUT2D eigenvalue weighted by atomic mass is 10.2. The highest BCUT2D eigenvalue weighted by atomic mass is 32.2. The Morgan fingerprint density at radius 2 is 2.35 bits per heavy atom. The van der Waals surface area contributed by atoms with Crippen LogP contribution in [0.5, 0.6) is 0 Å². The molecule has 2 fully saturated rings. The summed E-state index contributed by atoms with van der Waals surface area (Å²) in [7, 11) is -1.22. The second kappa shape index (κ2) is 4.31. The highest BCUT2D eigenvalue weighted by molar-refractivity contribution is 8.15. The van der Waals surface area contributed by atoms with Crippen LogP contribution in [-0.2, 0) is 14.6 Å². The molecule has 17 heavy (non-hydrogen) atoms. The molecule has 2 aliphatic heterocycles. The number of sulfone groups is 1. The Bertz CT molecular complexity index is 520. The Morgan fingerprint density at radius 1 is 1.65 bits per heavy atom. The van der Waals surface area contributed by atoms with E-state index in [0.29, 0.717) is 5.17 Å². The fraction of sp³-hybridized carbons (Fsp3) is 0.667. The number of thioether (sulfide) groups is 1. The molecule has 92 valence electrons. The third kappa shape index (κ3) is 2.45. The van der Waals surface area contributed by atoms with Gasteiger partial charge in [-0.15, -0.1) is 0 Å². The van der Waals surface area contributed by atoms with Crippen molar-refractivity contribution in [3.63, 3.8) is 0 Å². The maximum Gasteiger partial charge on any atom is 0.262 e. The van der Waals surface area contributed by atoms with Gasteiger partial charge in [-0.3, -0.25) is 4.79 Å². The van der Waals surface area contributed by atoms with Crippen LogP contribution in [0.25, 0.3) is 0 Å². The third-order valence-electron chi connectivity index (χ3n) is 2.78. The molecule has 0 aromatic carbocycles. The van der Waals surface area contributed by atoms with Gasteiger partial charge in [-0.25, -0.2) is 8.42 Å². The van der Waals surface area contributed by atoms with Crippen molar-refractivity contribution in [3.8, 4) is 6.07 Å². The second-order valence-electron chi connectivity index (χ2n) is 4.03. The molecular formula is C9H11N3O3S2. The molecule has 8 heteroatoms. The molecule has 0 spiro atoms. The molecule has 0 aromatic rings. The van der Waals surface area contributed by atoms with Crippen molar-refractivity contribution in [1.29, 1.82) is 5.26 Å². The standard InChI is InChI=1S/C9H11N3O3S2/c1-12-6-4-17(14,15)5-7(6)16-9(12)11-8(13)2-3-10/h6-7H,2,4-5H2,1H3. The van der Waals surface area contributed by atoms with E-state index < -0.39 is 15.7 Å². The molecule has 2 atom stereocenters. The number of hydrogen-bond donors (Lipinski definition) is 0. The SMILES string of the molecule is CN1C(=NC(=O)CC#N)SC2CS(=O)(=O)CC21. The van der Waals surface area contributed by atoms with Crippen LogP contribution < -0.4 is 0 Å². The van der Waals surface area contributed by atoms with Gasteiger partial charge in [0.25, 0.3) is 5.91 Å². The molecule has 6 nitrogen and oxygen atoms in total. The number of aliphatic imine (C=N–C) groups is 1. The zero-order valence-electron chi connectivity index (χ0n) is 9.16. The number of amidine groups is 1. The Hall–Kier alpha value is -1.07. The summed E-state index contributed by atoms with van der Waals surface area (Å²) in [6.45, 7) is 0. The van der Waals surface area contributed by atoms with E-state index in [1.807, 2.05) is 0 Å². The minimum atomic E-state index is -2.96. The van der Waals surface area contributed by atoms with E-state index in [-0.39, 0.29) is 29.2 Å². The van der Waals surface area contributed by atoms with Crippen molar-refractivity contribution < 1.29 is 13.2 Å². The molecule has 0 saturated carbocycles. The predicted octanol–water partition coefficient (Wildman–Crippen LogP) is -0.373. The van der Waals surface area contributed by atoms with E-state index in [1.165, 1.54) is 11.8 Å². The summed E-state index contributed by atoms with van der Waals surface area (Å²) in [5, 5.41) is 8.85. The molecule has 2 unspecified atom stereocenters. The second-order valence-corrected chi connectivity index (χ2v) is 7.39. The molecule has 2 rings (SSSR count). The summed E-state index contributed by atoms with van der Waals surface area (Å²) in [5.41, 5.74) is 0. The summed E-state index contributed by atoms with van der Waals surface area (Å²) in [6, 6.07) is 1.64. The van der Waals surface area contributed by atoms with E-state index >= 15 is 0 Å². The maximum absolute atomic E-state index is 11.4. The van der Waals surface area contributed by atoms with Crippen LogP contribution >= 0.6 is 11.8 Å². The highest BCUT2D eigenvalue weighted by Crippen LogP contribution is 2.36. The average Bonchev–Trinajstić information content (AvgIpc) is 2.63. The van der Waals surface area contributed by atoms with Gasteiger partial charge >= 0.3 is 0 Å². The summed E-state index contributed by atoms with van der Waals surface area (Å²) in [5.74, 6) is -0.227. The zero-order valence-corrected chi connectivity index (χ0v) is 10.8. The lowest BCUT2D eigenvalue weighted by molar-refractivity contribution is -0.116. The van der Waals surface area contributed by atoms with E-state index in [0.717, 1.165) is 0 Å². The number of carbonyl (C=O) groups is 1. The quantitative estimate of drug-likeness (QED) is 0.647. The topological polar surface area (TPSA) is 90.6 Å². The maximum atomic E-state index is 11.4. The minimum Gasteiger partial charge on any atom is -0.349 e. The first kappa shape index (κ1) is 12.4. The van der Waals surface area contributed by atoms with Crippen LogP contribution in [0.3, 0.4) is 0 Å².